The molecule has 16 heavy (non-hydrogen) atoms. The molecule has 0 saturated carbocycles. The van der Waals surface area contributed by atoms with E-state index in [1.807, 2.05) is 19.9 Å². The van der Waals surface area contributed by atoms with Crippen LogP contribution in [-0.2, 0) is 4.74 Å². The molecule has 0 aliphatic rings. The quantitative estimate of drug-likeness (QED) is 0.824. The fourth-order valence-corrected chi connectivity index (χ4v) is 1.36. The molecular formula is C12H17N3O. The van der Waals surface area contributed by atoms with Crippen LogP contribution in [0.15, 0.2) is 12.1 Å². The summed E-state index contributed by atoms with van der Waals surface area (Å²) in [6, 6.07) is 5.99. The monoisotopic (exact) mass is 219 g/mol. The highest BCUT2D eigenvalue weighted by Gasteiger charge is 2.07. The van der Waals surface area contributed by atoms with Gasteiger partial charge in [-0.2, -0.15) is 5.26 Å². The lowest BCUT2D eigenvalue weighted by atomic mass is 10.2. The average Bonchev–Trinajstić information content (AvgIpc) is 2.27. The predicted octanol–water partition coefficient (Wildman–Crippen LogP) is 2.10. The summed E-state index contributed by atoms with van der Waals surface area (Å²) in [5.41, 5.74) is 1.48. The number of methoxy groups -OCH3 is 1. The molecule has 0 aliphatic carbocycles. The van der Waals surface area contributed by atoms with Gasteiger partial charge in [-0.15, -0.1) is 0 Å². The van der Waals surface area contributed by atoms with Crippen LogP contribution >= 0.6 is 0 Å². The second-order valence-corrected chi connectivity index (χ2v) is 3.79. The van der Waals surface area contributed by atoms with E-state index in [0.717, 1.165) is 12.1 Å². The lowest BCUT2D eigenvalue weighted by molar-refractivity contribution is 0.191. The van der Waals surface area contributed by atoms with Crippen LogP contribution in [0.3, 0.4) is 0 Å². The van der Waals surface area contributed by atoms with E-state index in [9.17, 15) is 0 Å². The minimum Gasteiger partial charge on any atom is -0.385 e. The molecule has 0 fully saturated rings. The Labute approximate surface area is 96.3 Å². The van der Waals surface area contributed by atoms with E-state index in [2.05, 4.69) is 16.4 Å². The van der Waals surface area contributed by atoms with Gasteiger partial charge in [0, 0.05) is 25.5 Å². The zero-order valence-electron chi connectivity index (χ0n) is 9.95. The Morgan fingerprint density at radius 1 is 1.56 bits per heavy atom. The van der Waals surface area contributed by atoms with E-state index in [1.165, 1.54) is 0 Å². The number of pyridine rings is 1. The third kappa shape index (κ3) is 3.52. The first kappa shape index (κ1) is 12.5. The van der Waals surface area contributed by atoms with E-state index in [-0.39, 0.29) is 6.04 Å². The van der Waals surface area contributed by atoms with Gasteiger partial charge in [-0.1, -0.05) is 0 Å². The Hall–Kier alpha value is -1.60. The van der Waals surface area contributed by atoms with Crippen molar-refractivity contribution in [3.05, 3.63) is 23.4 Å². The van der Waals surface area contributed by atoms with Crippen molar-refractivity contribution in [1.29, 1.82) is 5.26 Å². The van der Waals surface area contributed by atoms with Crippen LogP contribution in [-0.4, -0.2) is 24.7 Å². The van der Waals surface area contributed by atoms with Gasteiger partial charge >= 0.3 is 0 Å². The first-order valence-corrected chi connectivity index (χ1v) is 5.30. The van der Waals surface area contributed by atoms with Crippen LogP contribution < -0.4 is 5.32 Å². The van der Waals surface area contributed by atoms with E-state index in [1.54, 1.807) is 13.2 Å². The largest absolute Gasteiger partial charge is 0.385 e. The molecule has 4 nitrogen and oxygen atoms in total. The number of hydrogen-bond acceptors (Lipinski definition) is 4. The Kier molecular flexibility index (Phi) is 4.74. The number of aryl methyl sites for hydroxylation is 1. The third-order valence-electron chi connectivity index (χ3n) is 2.29. The van der Waals surface area contributed by atoms with E-state index >= 15 is 0 Å². The van der Waals surface area contributed by atoms with Gasteiger partial charge in [0.15, 0.2) is 0 Å². The fraction of sp³-hybridized carbons (Fsp3) is 0.500. The standard InChI is InChI=1S/C12H17N3O/c1-9-4-5-11(8-13)12(14-9)15-10(2)6-7-16-3/h4-5,10H,6-7H2,1-3H3,(H,14,15). The summed E-state index contributed by atoms with van der Waals surface area (Å²) in [5, 5.41) is 12.2. The van der Waals surface area contributed by atoms with Crippen molar-refractivity contribution in [3.63, 3.8) is 0 Å². The van der Waals surface area contributed by atoms with Crippen molar-refractivity contribution in [1.82, 2.24) is 4.98 Å². The molecule has 1 aromatic rings. The van der Waals surface area contributed by atoms with E-state index < -0.39 is 0 Å². The lowest BCUT2D eigenvalue weighted by Crippen LogP contribution is -2.19. The molecule has 0 aromatic carbocycles. The summed E-state index contributed by atoms with van der Waals surface area (Å²) in [6.45, 7) is 4.65. The lowest BCUT2D eigenvalue weighted by Gasteiger charge is -2.15. The first-order chi connectivity index (χ1) is 7.67. The van der Waals surface area contributed by atoms with Gasteiger partial charge in [0.1, 0.15) is 11.9 Å². The summed E-state index contributed by atoms with van der Waals surface area (Å²) in [4.78, 5) is 4.32. The highest BCUT2D eigenvalue weighted by Crippen LogP contribution is 2.14. The fourth-order valence-electron chi connectivity index (χ4n) is 1.36. The normalized spacial score (nSPS) is 11.9. The first-order valence-electron chi connectivity index (χ1n) is 5.30. The molecule has 0 aliphatic heterocycles. The topological polar surface area (TPSA) is 57.9 Å². The molecule has 0 radical (unpaired) electrons. The maximum atomic E-state index is 8.94. The molecule has 0 saturated heterocycles. The maximum Gasteiger partial charge on any atom is 0.144 e. The Bertz CT molecular complexity index is 384. The van der Waals surface area contributed by atoms with Gasteiger partial charge in [-0.05, 0) is 32.4 Å². The maximum absolute atomic E-state index is 8.94. The molecule has 0 spiro atoms. The number of aromatic nitrogens is 1. The van der Waals surface area contributed by atoms with Crippen molar-refractivity contribution < 1.29 is 4.74 Å². The summed E-state index contributed by atoms with van der Waals surface area (Å²) < 4.78 is 5.01. The summed E-state index contributed by atoms with van der Waals surface area (Å²) >= 11 is 0. The van der Waals surface area contributed by atoms with Crippen LogP contribution in [0.25, 0.3) is 0 Å². The molecule has 1 unspecified atom stereocenters. The van der Waals surface area contributed by atoms with Crippen molar-refractivity contribution in [2.75, 3.05) is 19.0 Å². The number of rotatable bonds is 5. The summed E-state index contributed by atoms with van der Waals surface area (Å²) in [5.74, 6) is 0.658. The second-order valence-electron chi connectivity index (χ2n) is 3.79. The number of nitrogens with one attached hydrogen (secondary N) is 1. The molecule has 1 heterocycles. The highest BCUT2D eigenvalue weighted by atomic mass is 16.5. The minimum absolute atomic E-state index is 0.237. The number of ether oxygens (including phenoxy) is 1. The molecule has 1 N–H and O–H groups in total. The van der Waals surface area contributed by atoms with Crippen LogP contribution in [0, 0.1) is 18.3 Å². The molecule has 0 bridgehead atoms. The zero-order chi connectivity index (χ0) is 12.0. The number of hydrogen-bond donors (Lipinski definition) is 1. The van der Waals surface area contributed by atoms with Crippen molar-refractivity contribution >= 4 is 5.82 Å². The van der Waals surface area contributed by atoms with Crippen LogP contribution in [0.5, 0.6) is 0 Å². The highest BCUT2D eigenvalue weighted by molar-refractivity contribution is 5.52. The average molecular weight is 219 g/mol. The van der Waals surface area contributed by atoms with Crippen molar-refractivity contribution in [2.24, 2.45) is 0 Å². The molecule has 4 heteroatoms. The minimum atomic E-state index is 0.237. The van der Waals surface area contributed by atoms with Crippen LogP contribution in [0.1, 0.15) is 24.6 Å². The van der Waals surface area contributed by atoms with Gasteiger partial charge in [0.2, 0.25) is 0 Å². The van der Waals surface area contributed by atoms with Gasteiger partial charge in [-0.25, -0.2) is 4.98 Å². The third-order valence-corrected chi connectivity index (χ3v) is 2.29. The summed E-state index contributed by atoms with van der Waals surface area (Å²) in [6.07, 6.45) is 0.886. The number of anilines is 1. The van der Waals surface area contributed by atoms with Crippen molar-refractivity contribution in [2.45, 2.75) is 26.3 Å². The summed E-state index contributed by atoms with van der Waals surface area (Å²) in [7, 11) is 1.68. The number of nitriles is 1. The molecule has 86 valence electrons. The van der Waals surface area contributed by atoms with Gasteiger partial charge in [0.05, 0.1) is 5.56 Å². The SMILES string of the molecule is COCCC(C)Nc1nc(C)ccc1C#N. The second kappa shape index (κ2) is 6.09. The Balaban J connectivity index is 2.72. The number of nitrogens with zero attached hydrogens (tertiary/aromatic N) is 2. The van der Waals surface area contributed by atoms with Gasteiger partial charge in [-0.3, -0.25) is 0 Å². The molecule has 0 amide bonds. The van der Waals surface area contributed by atoms with Crippen LogP contribution in [0.2, 0.25) is 0 Å². The Morgan fingerprint density at radius 2 is 2.31 bits per heavy atom. The smallest absolute Gasteiger partial charge is 0.144 e. The molecular weight excluding hydrogens is 202 g/mol. The zero-order valence-corrected chi connectivity index (χ0v) is 9.95. The molecule has 1 rings (SSSR count). The van der Waals surface area contributed by atoms with Crippen molar-refractivity contribution in [3.8, 4) is 6.07 Å². The Morgan fingerprint density at radius 3 is 2.94 bits per heavy atom. The van der Waals surface area contributed by atoms with Gasteiger partial charge in [0.25, 0.3) is 0 Å². The predicted molar refractivity (Wildman–Crippen MR) is 63.3 cm³/mol. The molecule has 1 aromatic heterocycles. The van der Waals surface area contributed by atoms with E-state index in [0.29, 0.717) is 18.0 Å². The van der Waals surface area contributed by atoms with Crippen LogP contribution in [0.4, 0.5) is 5.82 Å². The van der Waals surface area contributed by atoms with Gasteiger partial charge < -0.3 is 10.1 Å². The molecule has 1 atom stereocenters. The van der Waals surface area contributed by atoms with E-state index in [4.69, 9.17) is 10.00 Å².